The average Bonchev–Trinajstić information content (AvgIpc) is 3.27. The Morgan fingerprint density at radius 3 is 1.26 bits per heavy atom. The molecule has 0 radical (unpaired) electrons. The number of aryl methyl sites for hydroxylation is 2. The van der Waals surface area contributed by atoms with E-state index >= 15 is 0 Å². The van der Waals surface area contributed by atoms with Gasteiger partial charge in [0, 0.05) is 12.8 Å². The number of hydrogen-bond acceptors (Lipinski definition) is 4. The summed E-state index contributed by atoms with van der Waals surface area (Å²) in [5, 5.41) is 0. The molecule has 6 heteroatoms. The quantitative estimate of drug-likeness (QED) is 0.446. The Morgan fingerprint density at radius 2 is 0.921 bits per heavy atom. The van der Waals surface area contributed by atoms with Gasteiger partial charge in [0.25, 0.3) is 0 Å². The summed E-state index contributed by atoms with van der Waals surface area (Å²) in [7, 11) is 0. The van der Waals surface area contributed by atoms with Gasteiger partial charge in [0.15, 0.2) is 0 Å². The first kappa shape index (κ1) is 25.0. The van der Waals surface area contributed by atoms with E-state index in [0.717, 1.165) is 86.5 Å². The van der Waals surface area contributed by atoms with Crippen molar-refractivity contribution in [2.45, 2.75) is 90.9 Å². The highest BCUT2D eigenvalue weighted by Gasteiger charge is 2.53. The van der Waals surface area contributed by atoms with Gasteiger partial charge in [-0.15, -0.1) is 0 Å². The van der Waals surface area contributed by atoms with Crippen molar-refractivity contribution in [3.63, 3.8) is 0 Å². The topological polar surface area (TPSA) is 74.8 Å². The van der Waals surface area contributed by atoms with E-state index in [2.05, 4.69) is 0 Å². The van der Waals surface area contributed by atoms with Gasteiger partial charge in [-0.25, -0.2) is 9.80 Å². The van der Waals surface area contributed by atoms with Crippen LogP contribution in [0.4, 0.5) is 11.4 Å². The van der Waals surface area contributed by atoms with Crippen LogP contribution in [0.3, 0.4) is 0 Å². The van der Waals surface area contributed by atoms with Crippen molar-refractivity contribution in [3.05, 3.63) is 47.5 Å². The molecule has 2 spiro atoms. The smallest absolute Gasteiger partial charge is 0.240 e. The van der Waals surface area contributed by atoms with Crippen molar-refractivity contribution in [2.75, 3.05) is 9.80 Å². The lowest BCUT2D eigenvalue weighted by molar-refractivity contribution is -0.128. The summed E-state index contributed by atoms with van der Waals surface area (Å²) < 4.78 is 0. The number of carbonyl (C=O) groups excluding carboxylic acids is 4. The van der Waals surface area contributed by atoms with Crippen LogP contribution in [0.15, 0.2) is 36.4 Å². The third-order valence-electron chi connectivity index (χ3n) is 9.62. The first-order valence-corrected chi connectivity index (χ1v) is 14.2. The van der Waals surface area contributed by atoms with Gasteiger partial charge in [-0.1, -0.05) is 50.7 Å². The van der Waals surface area contributed by atoms with Crippen molar-refractivity contribution in [3.8, 4) is 11.1 Å². The molecular weight excluding hydrogens is 476 g/mol. The zero-order valence-corrected chi connectivity index (χ0v) is 22.5. The Hall–Kier alpha value is -3.28. The van der Waals surface area contributed by atoms with Gasteiger partial charge >= 0.3 is 0 Å². The highest BCUT2D eigenvalue weighted by Crippen LogP contribution is 2.48. The summed E-state index contributed by atoms with van der Waals surface area (Å²) >= 11 is 0. The van der Waals surface area contributed by atoms with Crippen molar-refractivity contribution in [1.29, 1.82) is 0 Å². The maximum atomic E-state index is 13.4. The summed E-state index contributed by atoms with van der Waals surface area (Å²) in [6.07, 6.45) is 10.2. The fourth-order valence-electron chi connectivity index (χ4n) is 7.49. The van der Waals surface area contributed by atoms with E-state index in [1.165, 1.54) is 9.80 Å². The van der Waals surface area contributed by atoms with Crippen molar-refractivity contribution in [2.24, 2.45) is 10.8 Å². The number of amides is 4. The second-order valence-corrected chi connectivity index (χ2v) is 12.1. The number of anilines is 2. The molecule has 2 aromatic rings. The molecule has 2 aromatic carbocycles. The van der Waals surface area contributed by atoms with E-state index in [1.807, 2.05) is 50.2 Å². The van der Waals surface area contributed by atoms with Crippen LogP contribution in [-0.4, -0.2) is 23.6 Å². The van der Waals surface area contributed by atoms with Crippen LogP contribution in [0.1, 0.15) is 88.2 Å². The van der Waals surface area contributed by atoms with Gasteiger partial charge in [0.1, 0.15) is 0 Å². The molecule has 38 heavy (non-hydrogen) atoms. The molecule has 4 fully saturated rings. The van der Waals surface area contributed by atoms with Gasteiger partial charge in [0.2, 0.25) is 23.6 Å². The van der Waals surface area contributed by atoms with E-state index in [4.69, 9.17) is 0 Å². The van der Waals surface area contributed by atoms with Crippen LogP contribution in [-0.2, 0) is 19.2 Å². The van der Waals surface area contributed by atoms with E-state index in [0.29, 0.717) is 24.2 Å². The largest absolute Gasteiger partial charge is 0.274 e. The standard InChI is InChI=1S/C32H36N2O4/c1-21-17-23(9-11-25(21)33-27(35)19-31(29(33)37)13-5-3-6-14-31)24-10-12-26(22(2)18-24)34-28(36)20-32(30(34)38)15-7-4-8-16-32/h9-12,17-18H,3-8,13-16,19-20H2,1-2H3. The lowest BCUT2D eigenvalue weighted by atomic mass is 9.73. The predicted molar refractivity (Wildman–Crippen MR) is 147 cm³/mol. The van der Waals surface area contributed by atoms with Crippen LogP contribution >= 0.6 is 0 Å². The lowest BCUT2D eigenvalue weighted by Gasteiger charge is -2.31. The Labute approximate surface area is 224 Å². The number of hydrogen-bond donors (Lipinski definition) is 0. The molecule has 2 saturated carbocycles. The van der Waals surface area contributed by atoms with Gasteiger partial charge < -0.3 is 0 Å². The first-order chi connectivity index (χ1) is 18.2. The minimum Gasteiger partial charge on any atom is -0.274 e. The maximum Gasteiger partial charge on any atom is 0.240 e. The van der Waals surface area contributed by atoms with Crippen LogP contribution in [0.5, 0.6) is 0 Å². The molecule has 0 N–H and O–H groups in total. The summed E-state index contributed by atoms with van der Waals surface area (Å²) in [5.41, 5.74) is 4.02. The van der Waals surface area contributed by atoms with Gasteiger partial charge in [-0.05, 0) is 86.1 Å². The van der Waals surface area contributed by atoms with E-state index in [-0.39, 0.29) is 23.6 Å². The van der Waals surface area contributed by atoms with Crippen molar-refractivity contribution >= 4 is 35.0 Å². The molecule has 0 bridgehead atoms. The van der Waals surface area contributed by atoms with Gasteiger partial charge in [-0.3, -0.25) is 19.2 Å². The molecule has 0 atom stereocenters. The molecule has 6 rings (SSSR count). The number of rotatable bonds is 3. The first-order valence-electron chi connectivity index (χ1n) is 14.2. The van der Waals surface area contributed by atoms with Gasteiger partial charge in [-0.2, -0.15) is 0 Å². The Balaban J connectivity index is 1.26. The number of carbonyl (C=O) groups is 4. The number of imide groups is 2. The lowest BCUT2D eigenvalue weighted by Crippen LogP contribution is -2.37. The Morgan fingerprint density at radius 1 is 0.553 bits per heavy atom. The minimum atomic E-state index is -0.506. The molecule has 198 valence electrons. The SMILES string of the molecule is Cc1cc(-c2ccc(N3C(=O)CC4(CCCCC4)C3=O)c(C)c2)ccc1N1C(=O)CC2(CCCCC2)C1=O. The molecular formula is C32H36N2O4. The van der Waals surface area contributed by atoms with Gasteiger partial charge in [0.05, 0.1) is 22.2 Å². The van der Waals surface area contributed by atoms with E-state index in [9.17, 15) is 19.2 Å². The average molecular weight is 513 g/mol. The highest BCUT2D eigenvalue weighted by molar-refractivity contribution is 6.23. The third kappa shape index (κ3) is 3.83. The second-order valence-electron chi connectivity index (χ2n) is 12.1. The molecule has 6 nitrogen and oxygen atoms in total. The fourth-order valence-corrected chi connectivity index (χ4v) is 7.49. The molecule has 2 aliphatic heterocycles. The fraction of sp³-hybridized carbons (Fsp3) is 0.500. The summed E-state index contributed by atoms with van der Waals surface area (Å²) in [6, 6.07) is 11.7. The van der Waals surface area contributed by atoms with Crippen LogP contribution in [0.25, 0.3) is 11.1 Å². The normalized spacial score (nSPS) is 22.8. The highest BCUT2D eigenvalue weighted by atomic mass is 16.2. The third-order valence-corrected chi connectivity index (χ3v) is 9.62. The summed E-state index contributed by atoms with van der Waals surface area (Å²) in [4.78, 5) is 55.6. The minimum absolute atomic E-state index is 0.0334. The van der Waals surface area contributed by atoms with Crippen molar-refractivity contribution in [1.82, 2.24) is 0 Å². The zero-order valence-electron chi connectivity index (χ0n) is 22.5. The predicted octanol–water partition coefficient (Wildman–Crippen LogP) is 6.40. The molecule has 2 aliphatic carbocycles. The van der Waals surface area contributed by atoms with Crippen LogP contribution in [0.2, 0.25) is 0 Å². The molecule has 0 unspecified atom stereocenters. The molecule has 4 aliphatic rings. The molecule has 0 aromatic heterocycles. The number of nitrogens with zero attached hydrogens (tertiary/aromatic N) is 2. The van der Waals surface area contributed by atoms with Crippen molar-refractivity contribution < 1.29 is 19.2 Å². The molecule has 2 saturated heterocycles. The zero-order chi connectivity index (χ0) is 26.7. The monoisotopic (exact) mass is 512 g/mol. The van der Waals surface area contributed by atoms with E-state index < -0.39 is 10.8 Å². The molecule has 4 amide bonds. The number of benzene rings is 2. The second kappa shape index (κ2) is 9.18. The Bertz CT molecular complexity index is 1240. The van der Waals surface area contributed by atoms with Crippen LogP contribution in [0, 0.1) is 24.7 Å². The maximum absolute atomic E-state index is 13.4. The van der Waals surface area contributed by atoms with E-state index in [1.54, 1.807) is 0 Å². The summed E-state index contributed by atoms with van der Waals surface area (Å²) in [6.45, 7) is 3.88. The van der Waals surface area contributed by atoms with Crippen LogP contribution < -0.4 is 9.80 Å². The molecule has 2 heterocycles. The summed E-state index contributed by atoms with van der Waals surface area (Å²) in [5.74, 6) is -0.255. The Kier molecular flexibility index (Phi) is 6.04.